The maximum atomic E-state index is 14.5. The molecule has 0 aliphatic heterocycles. The van der Waals surface area contributed by atoms with E-state index in [-0.39, 0.29) is 5.95 Å². The molecule has 28 heavy (non-hydrogen) atoms. The summed E-state index contributed by atoms with van der Waals surface area (Å²) in [6.45, 7) is 2.40. The molecule has 1 aromatic heterocycles. The Hall–Kier alpha value is -2.68. The van der Waals surface area contributed by atoms with Gasteiger partial charge in [0, 0.05) is 30.1 Å². The molecule has 3 rings (SSSR count). The minimum Gasteiger partial charge on any atom is -0.396 e. The van der Waals surface area contributed by atoms with Gasteiger partial charge in [-0.2, -0.15) is 0 Å². The summed E-state index contributed by atoms with van der Waals surface area (Å²) in [5.41, 5.74) is 7.55. The van der Waals surface area contributed by atoms with E-state index in [0.29, 0.717) is 33.8 Å². The molecule has 1 unspecified atom stereocenters. The van der Waals surface area contributed by atoms with Crippen molar-refractivity contribution in [2.75, 3.05) is 12.3 Å². The number of hydrogen-bond acceptors (Lipinski definition) is 5. The number of aliphatic hydroxyl groups is 1. The number of aromatic nitrogens is 2. The zero-order chi connectivity index (χ0) is 20.5. The van der Waals surface area contributed by atoms with Crippen LogP contribution >= 0.6 is 0 Å². The van der Waals surface area contributed by atoms with Gasteiger partial charge >= 0.3 is 0 Å². The first-order valence-corrected chi connectivity index (χ1v) is 9.93. The molecule has 6 nitrogen and oxygen atoms in total. The van der Waals surface area contributed by atoms with E-state index in [1.54, 1.807) is 36.4 Å². The van der Waals surface area contributed by atoms with Gasteiger partial charge in [-0.05, 0) is 29.7 Å². The zero-order valence-corrected chi connectivity index (χ0v) is 16.3. The standard InChI is InChI=1S/C16H13FN4OS.C4H10O/c17-14-7-10(13-3-1-2-4-15(13)23(19)22)5-6-12(14)11-8-20-16(18)21-9-11;1-2-3-4-5/h1-9H,19H2,(H2,18,20,21);5H,2-4H2,1H3. The summed E-state index contributed by atoms with van der Waals surface area (Å²) in [4.78, 5) is 8.17. The fourth-order valence-corrected chi connectivity index (χ4v) is 3.05. The van der Waals surface area contributed by atoms with Crippen LogP contribution in [0.3, 0.4) is 0 Å². The minimum atomic E-state index is -1.65. The fourth-order valence-electron chi connectivity index (χ4n) is 2.43. The molecule has 0 saturated heterocycles. The van der Waals surface area contributed by atoms with Crippen molar-refractivity contribution in [1.82, 2.24) is 9.97 Å². The second kappa shape index (κ2) is 10.6. The van der Waals surface area contributed by atoms with Crippen LogP contribution in [-0.2, 0) is 11.0 Å². The fraction of sp³-hybridized carbons (Fsp3) is 0.200. The molecule has 1 atom stereocenters. The SMILES string of the molecule is CCCCO.Nc1ncc(-c2ccc(-c3ccccc3S(N)=O)cc2F)cn1. The monoisotopic (exact) mass is 402 g/mol. The van der Waals surface area contributed by atoms with E-state index in [2.05, 4.69) is 16.9 Å². The molecule has 8 heteroatoms. The Morgan fingerprint density at radius 3 is 2.29 bits per heavy atom. The largest absolute Gasteiger partial charge is 0.396 e. The third-order valence-corrected chi connectivity index (χ3v) is 4.67. The van der Waals surface area contributed by atoms with E-state index in [4.69, 9.17) is 16.0 Å². The zero-order valence-electron chi connectivity index (χ0n) is 15.5. The quantitative estimate of drug-likeness (QED) is 0.606. The molecule has 0 amide bonds. The molecule has 0 radical (unpaired) electrons. The second-order valence-electron chi connectivity index (χ2n) is 5.90. The maximum Gasteiger partial charge on any atom is 0.219 e. The van der Waals surface area contributed by atoms with Crippen LogP contribution in [0.15, 0.2) is 59.8 Å². The number of rotatable bonds is 5. The predicted octanol–water partition coefficient (Wildman–Crippen LogP) is 3.29. The Labute approximate surface area is 166 Å². The lowest BCUT2D eigenvalue weighted by atomic mass is 10.0. The van der Waals surface area contributed by atoms with E-state index < -0.39 is 16.8 Å². The molecule has 3 aromatic rings. The molecular weight excluding hydrogens is 379 g/mol. The Balaban J connectivity index is 0.000000500. The van der Waals surface area contributed by atoms with Crippen molar-refractivity contribution in [2.24, 2.45) is 5.14 Å². The predicted molar refractivity (Wildman–Crippen MR) is 110 cm³/mol. The summed E-state index contributed by atoms with van der Waals surface area (Å²) in [5, 5.41) is 13.5. The van der Waals surface area contributed by atoms with E-state index in [1.165, 1.54) is 18.5 Å². The first-order valence-electron chi connectivity index (χ1n) is 8.71. The molecular formula is C20H23FN4O2S. The number of hydrogen-bond donors (Lipinski definition) is 3. The number of anilines is 1. The third-order valence-electron chi connectivity index (χ3n) is 3.88. The summed E-state index contributed by atoms with van der Waals surface area (Å²) in [6.07, 6.45) is 4.96. The van der Waals surface area contributed by atoms with Gasteiger partial charge < -0.3 is 10.8 Å². The summed E-state index contributed by atoms with van der Waals surface area (Å²) in [5.74, 6) is -0.307. The van der Waals surface area contributed by atoms with Crippen LogP contribution in [0.4, 0.5) is 10.3 Å². The molecule has 0 fully saturated rings. The Morgan fingerprint density at radius 2 is 1.75 bits per heavy atom. The van der Waals surface area contributed by atoms with Gasteiger partial charge in [-0.3, -0.25) is 0 Å². The van der Waals surface area contributed by atoms with Crippen LogP contribution in [0.2, 0.25) is 0 Å². The molecule has 2 aromatic carbocycles. The van der Waals surface area contributed by atoms with Gasteiger partial charge in [0.2, 0.25) is 5.95 Å². The molecule has 0 bridgehead atoms. The molecule has 0 aliphatic rings. The lowest BCUT2D eigenvalue weighted by Crippen LogP contribution is -2.04. The highest BCUT2D eigenvalue weighted by molar-refractivity contribution is 7.82. The van der Waals surface area contributed by atoms with Crippen molar-refractivity contribution in [3.63, 3.8) is 0 Å². The van der Waals surface area contributed by atoms with Gasteiger partial charge in [0.05, 0.1) is 4.90 Å². The molecule has 0 saturated carbocycles. The maximum absolute atomic E-state index is 14.5. The Kier molecular flexibility index (Phi) is 8.19. The van der Waals surface area contributed by atoms with Crippen LogP contribution < -0.4 is 10.9 Å². The summed E-state index contributed by atoms with van der Waals surface area (Å²) >= 11 is 0. The first-order chi connectivity index (χ1) is 13.5. The summed E-state index contributed by atoms with van der Waals surface area (Å²) in [7, 11) is -1.65. The van der Waals surface area contributed by atoms with Crippen LogP contribution in [0, 0.1) is 5.82 Å². The van der Waals surface area contributed by atoms with Crippen LogP contribution in [0.5, 0.6) is 0 Å². The number of nitrogens with zero attached hydrogens (tertiary/aromatic N) is 2. The summed E-state index contributed by atoms with van der Waals surface area (Å²) < 4.78 is 26.1. The highest BCUT2D eigenvalue weighted by Crippen LogP contribution is 2.30. The number of benzene rings is 2. The van der Waals surface area contributed by atoms with Crippen molar-refractivity contribution >= 4 is 16.9 Å². The van der Waals surface area contributed by atoms with Crippen molar-refractivity contribution < 1.29 is 13.7 Å². The summed E-state index contributed by atoms with van der Waals surface area (Å²) in [6, 6.07) is 11.7. The molecule has 148 valence electrons. The molecule has 5 N–H and O–H groups in total. The molecule has 0 spiro atoms. The number of halogens is 1. The van der Waals surface area contributed by atoms with E-state index in [9.17, 15) is 8.60 Å². The lowest BCUT2D eigenvalue weighted by molar-refractivity contribution is 0.287. The minimum absolute atomic E-state index is 0.130. The van der Waals surface area contributed by atoms with E-state index >= 15 is 0 Å². The van der Waals surface area contributed by atoms with Gasteiger partial charge in [-0.25, -0.2) is 23.7 Å². The van der Waals surface area contributed by atoms with E-state index in [1.807, 2.05) is 0 Å². The highest BCUT2D eigenvalue weighted by atomic mass is 32.2. The van der Waals surface area contributed by atoms with Gasteiger partial charge in [0.1, 0.15) is 16.8 Å². The van der Waals surface area contributed by atoms with E-state index in [0.717, 1.165) is 12.8 Å². The van der Waals surface area contributed by atoms with Crippen LogP contribution in [0.1, 0.15) is 19.8 Å². The molecule has 0 aliphatic carbocycles. The molecule has 1 heterocycles. The topological polar surface area (TPSA) is 115 Å². The van der Waals surface area contributed by atoms with Crippen molar-refractivity contribution in [3.8, 4) is 22.3 Å². The first kappa shape index (κ1) is 21.6. The average molecular weight is 402 g/mol. The number of unbranched alkanes of at least 4 members (excludes halogenated alkanes) is 1. The van der Waals surface area contributed by atoms with Crippen LogP contribution in [0.25, 0.3) is 22.3 Å². The van der Waals surface area contributed by atoms with Crippen LogP contribution in [-0.4, -0.2) is 25.9 Å². The highest BCUT2D eigenvalue weighted by Gasteiger charge is 2.12. The third kappa shape index (κ3) is 5.66. The van der Waals surface area contributed by atoms with Gasteiger partial charge in [0.15, 0.2) is 0 Å². The Bertz CT molecular complexity index is 934. The van der Waals surface area contributed by atoms with Crippen molar-refractivity contribution in [1.29, 1.82) is 0 Å². The average Bonchev–Trinajstić information content (AvgIpc) is 2.70. The number of nitrogens with two attached hydrogens (primary N) is 2. The lowest BCUT2D eigenvalue weighted by Gasteiger charge is -2.09. The van der Waals surface area contributed by atoms with Gasteiger partial charge in [0.25, 0.3) is 0 Å². The smallest absolute Gasteiger partial charge is 0.219 e. The second-order valence-corrected chi connectivity index (χ2v) is 6.93. The number of aliphatic hydroxyl groups excluding tert-OH is 1. The van der Waals surface area contributed by atoms with Crippen molar-refractivity contribution in [2.45, 2.75) is 24.7 Å². The normalized spacial score (nSPS) is 11.4. The van der Waals surface area contributed by atoms with Gasteiger partial charge in [-0.1, -0.05) is 43.7 Å². The number of nitrogen functional groups attached to an aromatic ring is 1. The van der Waals surface area contributed by atoms with Crippen molar-refractivity contribution in [3.05, 3.63) is 60.7 Å². The van der Waals surface area contributed by atoms with Gasteiger partial charge in [-0.15, -0.1) is 0 Å². The Morgan fingerprint density at radius 1 is 1.07 bits per heavy atom.